The van der Waals surface area contributed by atoms with Crippen LogP contribution in [-0.4, -0.2) is 29.9 Å². The van der Waals surface area contributed by atoms with Crippen LogP contribution in [0.5, 0.6) is 0 Å². The summed E-state index contributed by atoms with van der Waals surface area (Å²) in [7, 11) is -3.90. The average molecular weight is 518 g/mol. The van der Waals surface area contributed by atoms with E-state index in [0.717, 1.165) is 17.7 Å². The average Bonchev–Trinajstić information content (AvgIpc) is 3.24. The van der Waals surface area contributed by atoms with Crippen LogP contribution in [0.1, 0.15) is 36.2 Å². The minimum Gasteiger partial charge on any atom is -0.345 e. The van der Waals surface area contributed by atoms with Crippen molar-refractivity contribution in [3.05, 3.63) is 82.6 Å². The Hall–Kier alpha value is -3.30. The molecule has 2 heterocycles. The largest absolute Gasteiger partial charge is 0.345 e. The maximum absolute atomic E-state index is 15.3. The maximum atomic E-state index is 15.3. The highest BCUT2D eigenvalue weighted by Gasteiger charge is 2.26. The molecule has 2 N–H and O–H groups in total. The van der Waals surface area contributed by atoms with Gasteiger partial charge >= 0.3 is 0 Å². The first kappa shape index (κ1) is 24.8. The van der Waals surface area contributed by atoms with Crippen LogP contribution in [0.4, 0.5) is 14.5 Å². The lowest BCUT2D eigenvalue weighted by atomic mass is 10.00. The Balaban J connectivity index is 1.74. The molecule has 6 nitrogen and oxygen atoms in total. The van der Waals surface area contributed by atoms with Gasteiger partial charge in [-0.3, -0.25) is 9.52 Å². The van der Waals surface area contributed by atoms with Gasteiger partial charge in [-0.25, -0.2) is 22.2 Å². The number of hydrogen-bond donors (Lipinski definition) is 2. The summed E-state index contributed by atoms with van der Waals surface area (Å²) in [6, 6.07) is 10.5. The van der Waals surface area contributed by atoms with E-state index in [0.29, 0.717) is 28.0 Å². The Labute approximate surface area is 206 Å². The molecule has 0 spiro atoms. The van der Waals surface area contributed by atoms with Crippen molar-refractivity contribution in [2.45, 2.75) is 20.3 Å². The quantitative estimate of drug-likeness (QED) is 0.273. The zero-order chi connectivity index (χ0) is 25.3. The number of nitrogens with zero attached hydrogens (tertiary/aromatic N) is 1. The number of carbonyl (C=O) groups is 1. The van der Waals surface area contributed by atoms with Crippen molar-refractivity contribution in [3.8, 4) is 11.1 Å². The van der Waals surface area contributed by atoms with Crippen LogP contribution in [0.3, 0.4) is 0 Å². The second-order valence-electron chi connectivity index (χ2n) is 8.34. The Morgan fingerprint density at radius 1 is 1.14 bits per heavy atom. The number of fused-ring (bicyclic) bond motifs is 1. The number of nitrogens with one attached hydrogen (secondary N) is 2. The number of halogens is 3. The van der Waals surface area contributed by atoms with Crippen LogP contribution in [-0.2, 0) is 10.0 Å². The number of rotatable bonds is 8. The van der Waals surface area contributed by atoms with Gasteiger partial charge in [0.05, 0.1) is 17.0 Å². The van der Waals surface area contributed by atoms with Gasteiger partial charge in [-0.05, 0) is 41.8 Å². The van der Waals surface area contributed by atoms with E-state index < -0.39 is 38.7 Å². The minimum absolute atomic E-state index is 0.000672. The smallest absolute Gasteiger partial charge is 0.233 e. The Morgan fingerprint density at radius 3 is 2.54 bits per heavy atom. The first-order valence-corrected chi connectivity index (χ1v) is 12.9. The second-order valence-corrected chi connectivity index (χ2v) is 10.5. The number of anilines is 1. The van der Waals surface area contributed by atoms with Crippen molar-refractivity contribution in [2.24, 2.45) is 5.92 Å². The number of aromatic amines is 1. The van der Waals surface area contributed by atoms with Crippen molar-refractivity contribution in [3.63, 3.8) is 0 Å². The van der Waals surface area contributed by atoms with E-state index in [1.54, 1.807) is 43.5 Å². The first-order valence-electron chi connectivity index (χ1n) is 10.9. The Bertz CT molecular complexity index is 1520. The summed E-state index contributed by atoms with van der Waals surface area (Å²) in [5.74, 6) is -3.71. The van der Waals surface area contributed by atoms with Crippen LogP contribution < -0.4 is 4.72 Å². The lowest BCUT2D eigenvalue weighted by Gasteiger charge is -2.14. The first-order chi connectivity index (χ1) is 16.6. The van der Waals surface area contributed by atoms with Gasteiger partial charge in [0, 0.05) is 33.9 Å². The third-order valence-corrected chi connectivity index (χ3v) is 7.53. The molecule has 4 aromatic rings. The van der Waals surface area contributed by atoms with Crippen molar-refractivity contribution in [1.82, 2.24) is 9.97 Å². The molecular formula is C25H22ClF2N3O3S. The SMILES string of the molecule is CCC(C)CS(=O)(=O)Nc1ccc(F)c(C(=O)c2c[nH]c3ncc(-c4ccc(Cl)cc4)cc23)c1F. The summed E-state index contributed by atoms with van der Waals surface area (Å²) in [5.41, 5.74) is 0.483. The number of hydrogen-bond acceptors (Lipinski definition) is 4. The third-order valence-electron chi connectivity index (χ3n) is 5.74. The zero-order valence-electron chi connectivity index (χ0n) is 18.9. The molecule has 1 unspecified atom stereocenters. The van der Waals surface area contributed by atoms with E-state index in [1.807, 2.05) is 6.92 Å². The molecule has 4 rings (SSSR count). The van der Waals surface area contributed by atoms with Crippen LogP contribution in [0.25, 0.3) is 22.2 Å². The molecule has 0 aliphatic rings. The van der Waals surface area contributed by atoms with Crippen molar-refractivity contribution in [2.75, 3.05) is 10.5 Å². The fraction of sp³-hybridized carbons (Fsp3) is 0.200. The number of H-pyrrole nitrogens is 1. The molecule has 0 aliphatic carbocycles. The second kappa shape index (κ2) is 9.75. The summed E-state index contributed by atoms with van der Waals surface area (Å²) < 4.78 is 56.9. The molecule has 2 aromatic carbocycles. The van der Waals surface area contributed by atoms with E-state index in [-0.39, 0.29) is 17.2 Å². The summed E-state index contributed by atoms with van der Waals surface area (Å²) >= 11 is 5.95. The van der Waals surface area contributed by atoms with Crippen LogP contribution in [0, 0.1) is 17.6 Å². The van der Waals surface area contributed by atoms with Crippen LogP contribution in [0.2, 0.25) is 5.02 Å². The highest BCUT2D eigenvalue weighted by atomic mass is 35.5. The number of aromatic nitrogens is 2. The lowest BCUT2D eigenvalue weighted by Crippen LogP contribution is -2.22. The van der Waals surface area contributed by atoms with Gasteiger partial charge in [0.15, 0.2) is 5.82 Å². The molecule has 182 valence electrons. The summed E-state index contributed by atoms with van der Waals surface area (Å²) in [5, 5.41) is 0.926. The fourth-order valence-electron chi connectivity index (χ4n) is 3.67. The molecule has 2 aromatic heterocycles. The van der Waals surface area contributed by atoms with Crippen LogP contribution >= 0.6 is 11.6 Å². The molecule has 0 saturated carbocycles. The minimum atomic E-state index is -3.90. The molecule has 35 heavy (non-hydrogen) atoms. The van der Waals surface area contributed by atoms with E-state index in [1.165, 1.54) is 6.20 Å². The molecular weight excluding hydrogens is 496 g/mol. The number of ketones is 1. The van der Waals surface area contributed by atoms with Gasteiger partial charge in [0.1, 0.15) is 11.5 Å². The van der Waals surface area contributed by atoms with Crippen LogP contribution in [0.15, 0.2) is 54.9 Å². The van der Waals surface area contributed by atoms with Crippen molar-refractivity contribution >= 4 is 44.1 Å². The number of sulfonamides is 1. The molecule has 10 heteroatoms. The van der Waals surface area contributed by atoms with E-state index in [9.17, 15) is 17.6 Å². The molecule has 0 saturated heterocycles. The highest BCUT2D eigenvalue weighted by Crippen LogP contribution is 2.30. The normalized spacial score (nSPS) is 12.6. The van der Waals surface area contributed by atoms with E-state index in [4.69, 9.17) is 11.6 Å². The van der Waals surface area contributed by atoms with Gasteiger partial charge in [0.25, 0.3) is 0 Å². The number of carbonyl (C=O) groups excluding carboxylic acids is 1. The molecule has 0 bridgehead atoms. The molecule has 0 amide bonds. The van der Waals surface area contributed by atoms with Gasteiger partial charge in [-0.2, -0.15) is 0 Å². The summed E-state index contributed by atoms with van der Waals surface area (Å²) in [6.45, 7) is 3.59. The Kier molecular flexibility index (Phi) is 6.91. The van der Waals surface area contributed by atoms with E-state index in [2.05, 4.69) is 14.7 Å². The third kappa shape index (κ3) is 5.21. The fourth-order valence-corrected chi connectivity index (χ4v) is 5.35. The van der Waals surface area contributed by atoms with Gasteiger partial charge in [-0.15, -0.1) is 0 Å². The predicted molar refractivity (Wildman–Crippen MR) is 133 cm³/mol. The summed E-state index contributed by atoms with van der Waals surface area (Å²) in [4.78, 5) is 20.4. The molecule has 1 atom stereocenters. The highest BCUT2D eigenvalue weighted by molar-refractivity contribution is 7.92. The standard InChI is InChI=1S/C25H22ClF2N3O3S/c1-3-14(2)13-35(33,34)31-21-9-8-20(27)22(23(21)28)24(32)19-12-30-25-18(19)10-16(11-29-25)15-4-6-17(26)7-5-15/h4-12,14,31H,3,13H2,1-2H3,(H,29,30). The lowest BCUT2D eigenvalue weighted by molar-refractivity contribution is 0.103. The molecule has 0 radical (unpaired) electrons. The van der Waals surface area contributed by atoms with Crippen molar-refractivity contribution < 1.29 is 22.0 Å². The van der Waals surface area contributed by atoms with E-state index >= 15 is 4.39 Å². The van der Waals surface area contributed by atoms with Gasteiger partial charge < -0.3 is 4.98 Å². The topological polar surface area (TPSA) is 91.9 Å². The zero-order valence-corrected chi connectivity index (χ0v) is 20.5. The number of benzene rings is 2. The summed E-state index contributed by atoms with van der Waals surface area (Å²) in [6.07, 6.45) is 3.54. The monoisotopic (exact) mass is 517 g/mol. The Morgan fingerprint density at radius 2 is 1.86 bits per heavy atom. The predicted octanol–water partition coefficient (Wildman–Crippen LogP) is 6.18. The van der Waals surface area contributed by atoms with Gasteiger partial charge in [0.2, 0.25) is 15.8 Å². The van der Waals surface area contributed by atoms with Gasteiger partial charge in [-0.1, -0.05) is 44.0 Å². The molecule has 0 aliphatic heterocycles. The number of pyridine rings is 1. The molecule has 0 fully saturated rings. The van der Waals surface area contributed by atoms with Crippen molar-refractivity contribution in [1.29, 1.82) is 0 Å². The maximum Gasteiger partial charge on any atom is 0.233 e.